The first kappa shape index (κ1) is 17.1. The van der Waals surface area contributed by atoms with Crippen molar-refractivity contribution >= 4 is 5.97 Å². The van der Waals surface area contributed by atoms with Crippen molar-refractivity contribution < 1.29 is 14.6 Å². The Balaban J connectivity index is 2.57. The number of carbonyl (C=O) groups is 1. The Bertz CT molecular complexity index is 476. The zero-order chi connectivity index (χ0) is 15.7. The van der Waals surface area contributed by atoms with Gasteiger partial charge < -0.3 is 4.84 Å². The van der Waals surface area contributed by atoms with Gasteiger partial charge in [-0.15, -0.1) is 5.48 Å². The summed E-state index contributed by atoms with van der Waals surface area (Å²) in [5.74, 6) is -0.465. The van der Waals surface area contributed by atoms with E-state index in [1.165, 1.54) is 0 Å². The number of rotatable bonds is 9. The highest BCUT2D eigenvalue weighted by atomic mass is 16.7. The fraction of sp³-hybridized carbons (Fsp3) is 0.533. The molecule has 0 amide bonds. The lowest BCUT2D eigenvalue weighted by molar-refractivity contribution is -0.479. The molecule has 0 aliphatic heterocycles. The number of hydrogen-bond donors (Lipinski definition) is 1. The van der Waals surface area contributed by atoms with E-state index in [0.717, 1.165) is 24.8 Å². The Labute approximate surface area is 124 Å². The third-order valence-electron chi connectivity index (χ3n) is 3.19. The predicted octanol–water partition coefficient (Wildman–Crippen LogP) is 2.75. The minimum Gasteiger partial charge on any atom is -0.366 e. The second-order valence-corrected chi connectivity index (χ2v) is 4.91. The molecule has 0 saturated carbocycles. The van der Waals surface area contributed by atoms with Crippen LogP contribution in [0.1, 0.15) is 49.0 Å². The smallest absolute Gasteiger partial charge is 0.356 e. The summed E-state index contributed by atoms with van der Waals surface area (Å²) in [6.45, 7) is 3.95. The average Bonchev–Trinajstić information content (AvgIpc) is 2.49. The van der Waals surface area contributed by atoms with Gasteiger partial charge in [-0.25, -0.2) is 4.79 Å². The van der Waals surface area contributed by atoms with Gasteiger partial charge in [-0.3, -0.25) is 10.1 Å². The van der Waals surface area contributed by atoms with Crippen LogP contribution in [0.3, 0.4) is 0 Å². The van der Waals surface area contributed by atoms with E-state index in [2.05, 4.69) is 12.4 Å². The fourth-order valence-electron chi connectivity index (χ4n) is 1.96. The molecule has 0 aliphatic carbocycles. The highest BCUT2D eigenvalue weighted by Crippen LogP contribution is 2.08. The molecule has 0 aliphatic rings. The van der Waals surface area contributed by atoms with Crippen molar-refractivity contribution in [1.82, 2.24) is 5.48 Å². The Kier molecular flexibility index (Phi) is 7.39. The molecule has 116 valence electrons. The number of nitro groups is 1. The molecule has 0 fully saturated rings. The summed E-state index contributed by atoms with van der Waals surface area (Å²) in [5.41, 5.74) is 3.93. The first-order valence-corrected chi connectivity index (χ1v) is 7.24. The average molecular weight is 294 g/mol. The molecule has 0 aromatic heterocycles. The van der Waals surface area contributed by atoms with Crippen LogP contribution in [0.2, 0.25) is 0 Å². The first-order valence-electron chi connectivity index (χ1n) is 7.24. The van der Waals surface area contributed by atoms with Crippen LogP contribution in [0, 0.1) is 10.1 Å². The van der Waals surface area contributed by atoms with Crippen LogP contribution in [0.25, 0.3) is 0 Å². The minimum atomic E-state index is -0.465. The Morgan fingerprint density at radius 3 is 2.81 bits per heavy atom. The maximum Gasteiger partial charge on any atom is 0.356 e. The number of nitrogens with zero attached hydrogens (tertiary/aromatic N) is 1. The molecule has 1 N–H and O–H groups in total. The lowest BCUT2D eigenvalue weighted by atomic mass is 10.1. The van der Waals surface area contributed by atoms with Crippen molar-refractivity contribution in [3.63, 3.8) is 0 Å². The molecule has 0 bridgehead atoms. The van der Waals surface area contributed by atoms with Crippen molar-refractivity contribution in [3.05, 3.63) is 45.5 Å². The SMILES string of the molecule is CCCC(CC)NOC(=O)c1cccc(CC[N+](=O)[O-])c1. The third kappa shape index (κ3) is 6.35. The normalized spacial score (nSPS) is 11.9. The van der Waals surface area contributed by atoms with Crippen LogP contribution < -0.4 is 5.48 Å². The van der Waals surface area contributed by atoms with Crippen molar-refractivity contribution in [2.75, 3.05) is 6.54 Å². The summed E-state index contributed by atoms with van der Waals surface area (Å²) in [6, 6.07) is 6.89. The molecule has 6 heteroatoms. The van der Waals surface area contributed by atoms with Crippen LogP contribution in [0.4, 0.5) is 0 Å². The first-order chi connectivity index (χ1) is 10.1. The zero-order valence-corrected chi connectivity index (χ0v) is 12.5. The van der Waals surface area contributed by atoms with Gasteiger partial charge in [-0.05, 0) is 30.5 Å². The van der Waals surface area contributed by atoms with Gasteiger partial charge in [0.1, 0.15) is 0 Å². The van der Waals surface area contributed by atoms with Crippen LogP contribution in [-0.4, -0.2) is 23.5 Å². The zero-order valence-electron chi connectivity index (χ0n) is 12.5. The van der Waals surface area contributed by atoms with Crippen LogP contribution >= 0.6 is 0 Å². The van der Waals surface area contributed by atoms with E-state index >= 15 is 0 Å². The number of benzene rings is 1. The largest absolute Gasteiger partial charge is 0.366 e. The molecule has 0 radical (unpaired) electrons. The molecule has 1 aromatic rings. The summed E-state index contributed by atoms with van der Waals surface area (Å²) in [4.78, 5) is 27.0. The Morgan fingerprint density at radius 1 is 1.43 bits per heavy atom. The lowest BCUT2D eigenvalue weighted by Crippen LogP contribution is -2.31. The molecule has 0 heterocycles. The second-order valence-electron chi connectivity index (χ2n) is 4.91. The van der Waals surface area contributed by atoms with Gasteiger partial charge in [-0.2, -0.15) is 0 Å². The standard InChI is InChI=1S/C15H22N2O4/c1-3-6-14(4-2)16-21-15(18)13-8-5-7-12(11-13)9-10-17(19)20/h5,7-8,11,14,16H,3-4,6,9-10H2,1-2H3. The van der Waals surface area contributed by atoms with Crippen LogP contribution in [0.5, 0.6) is 0 Å². The molecular formula is C15H22N2O4. The van der Waals surface area contributed by atoms with Gasteiger partial charge in [0.05, 0.1) is 5.56 Å². The lowest BCUT2D eigenvalue weighted by Gasteiger charge is -2.15. The van der Waals surface area contributed by atoms with Crippen molar-refractivity contribution in [2.45, 2.75) is 45.6 Å². The number of hydrogen-bond acceptors (Lipinski definition) is 5. The van der Waals surface area contributed by atoms with Gasteiger partial charge >= 0.3 is 5.97 Å². The van der Waals surface area contributed by atoms with E-state index in [-0.39, 0.29) is 17.5 Å². The van der Waals surface area contributed by atoms with E-state index in [1.54, 1.807) is 24.3 Å². The Hall–Kier alpha value is -1.95. The predicted molar refractivity (Wildman–Crippen MR) is 79.5 cm³/mol. The second kappa shape index (κ2) is 9.07. The van der Waals surface area contributed by atoms with Gasteiger partial charge in [0.25, 0.3) is 0 Å². The molecule has 0 saturated heterocycles. The van der Waals surface area contributed by atoms with Crippen molar-refractivity contribution in [3.8, 4) is 0 Å². The molecule has 21 heavy (non-hydrogen) atoms. The number of carbonyl (C=O) groups excluding carboxylic acids is 1. The van der Waals surface area contributed by atoms with Gasteiger partial charge in [0.15, 0.2) is 0 Å². The fourth-order valence-corrected chi connectivity index (χ4v) is 1.96. The summed E-state index contributed by atoms with van der Waals surface area (Å²) >= 11 is 0. The molecular weight excluding hydrogens is 272 g/mol. The number of nitrogens with one attached hydrogen (secondary N) is 1. The van der Waals surface area contributed by atoms with Crippen LogP contribution in [0.15, 0.2) is 24.3 Å². The van der Waals surface area contributed by atoms with Crippen molar-refractivity contribution in [1.29, 1.82) is 0 Å². The van der Waals surface area contributed by atoms with Crippen LogP contribution in [-0.2, 0) is 11.3 Å². The van der Waals surface area contributed by atoms with Gasteiger partial charge in [0, 0.05) is 17.4 Å². The van der Waals surface area contributed by atoms with E-state index in [0.29, 0.717) is 12.0 Å². The minimum absolute atomic E-state index is 0.148. The highest BCUT2D eigenvalue weighted by Gasteiger charge is 2.12. The van der Waals surface area contributed by atoms with Gasteiger partial charge in [-0.1, -0.05) is 32.4 Å². The van der Waals surface area contributed by atoms with E-state index in [4.69, 9.17) is 4.84 Å². The maximum atomic E-state index is 11.9. The molecule has 1 atom stereocenters. The summed E-state index contributed by atoms with van der Waals surface area (Å²) < 4.78 is 0. The summed E-state index contributed by atoms with van der Waals surface area (Å²) in [5, 5.41) is 10.4. The quantitative estimate of drug-likeness (QED) is 0.559. The third-order valence-corrected chi connectivity index (χ3v) is 3.19. The van der Waals surface area contributed by atoms with Gasteiger partial charge in [0.2, 0.25) is 6.54 Å². The monoisotopic (exact) mass is 294 g/mol. The maximum absolute atomic E-state index is 11.9. The molecule has 1 rings (SSSR count). The van der Waals surface area contributed by atoms with E-state index in [1.807, 2.05) is 6.92 Å². The summed E-state index contributed by atoms with van der Waals surface area (Å²) in [7, 11) is 0. The van der Waals surface area contributed by atoms with E-state index < -0.39 is 5.97 Å². The molecule has 0 spiro atoms. The summed E-state index contributed by atoms with van der Waals surface area (Å²) in [6.07, 6.45) is 3.13. The molecule has 1 aromatic carbocycles. The highest BCUT2D eigenvalue weighted by molar-refractivity contribution is 5.89. The van der Waals surface area contributed by atoms with E-state index in [9.17, 15) is 14.9 Å². The molecule has 6 nitrogen and oxygen atoms in total. The topological polar surface area (TPSA) is 81.5 Å². The van der Waals surface area contributed by atoms with Crippen molar-refractivity contribution in [2.24, 2.45) is 0 Å². The Morgan fingerprint density at radius 2 is 2.19 bits per heavy atom. The molecule has 1 unspecified atom stereocenters. The number of hydroxylamine groups is 1.